The van der Waals surface area contributed by atoms with Crippen molar-refractivity contribution in [2.24, 2.45) is 5.92 Å². The number of amides is 2. The van der Waals surface area contributed by atoms with Gasteiger partial charge in [-0.3, -0.25) is 14.5 Å². The van der Waals surface area contributed by atoms with Gasteiger partial charge in [-0.2, -0.15) is 0 Å². The van der Waals surface area contributed by atoms with Crippen LogP contribution in [0.2, 0.25) is 0 Å². The van der Waals surface area contributed by atoms with E-state index in [0.717, 1.165) is 6.42 Å². The topological polar surface area (TPSA) is 37.4 Å². The van der Waals surface area contributed by atoms with Gasteiger partial charge in [-0.05, 0) is 30.2 Å². The molecule has 17 heavy (non-hydrogen) atoms. The van der Waals surface area contributed by atoms with E-state index in [1.165, 1.54) is 29.2 Å². The zero-order chi connectivity index (χ0) is 12.4. The van der Waals surface area contributed by atoms with E-state index in [0.29, 0.717) is 18.5 Å². The van der Waals surface area contributed by atoms with Crippen LogP contribution in [0, 0.1) is 11.7 Å². The molecule has 0 spiro atoms. The van der Waals surface area contributed by atoms with Crippen LogP contribution in [0.15, 0.2) is 24.3 Å². The van der Waals surface area contributed by atoms with Gasteiger partial charge in [0.25, 0.3) is 5.91 Å². The zero-order valence-electron chi connectivity index (χ0n) is 9.65. The van der Waals surface area contributed by atoms with Crippen LogP contribution in [0.1, 0.15) is 30.1 Å². The van der Waals surface area contributed by atoms with Crippen molar-refractivity contribution >= 4 is 11.8 Å². The summed E-state index contributed by atoms with van der Waals surface area (Å²) >= 11 is 0. The van der Waals surface area contributed by atoms with Crippen LogP contribution in [-0.2, 0) is 4.79 Å². The molecule has 2 rings (SSSR count). The number of nitrogens with zero attached hydrogens (tertiary/aromatic N) is 1. The van der Waals surface area contributed by atoms with Gasteiger partial charge in [0, 0.05) is 18.5 Å². The van der Waals surface area contributed by atoms with Gasteiger partial charge in [-0.15, -0.1) is 0 Å². The molecule has 2 amide bonds. The highest BCUT2D eigenvalue weighted by atomic mass is 19.1. The summed E-state index contributed by atoms with van der Waals surface area (Å²) < 4.78 is 12.7. The Labute approximate surface area is 99.2 Å². The Balaban J connectivity index is 2.15. The normalized spacial score (nSPS) is 19.8. The maximum atomic E-state index is 12.7. The van der Waals surface area contributed by atoms with Gasteiger partial charge < -0.3 is 0 Å². The molecule has 0 aromatic heterocycles. The third-order valence-corrected chi connectivity index (χ3v) is 3.12. The van der Waals surface area contributed by atoms with Crippen LogP contribution in [-0.4, -0.2) is 23.3 Å². The maximum absolute atomic E-state index is 12.7. The van der Waals surface area contributed by atoms with Crippen LogP contribution in [0.4, 0.5) is 4.39 Å². The first-order valence-corrected chi connectivity index (χ1v) is 5.72. The van der Waals surface area contributed by atoms with Crippen molar-refractivity contribution in [2.75, 3.05) is 6.54 Å². The number of likely N-dealkylation sites (tertiary alicyclic amines) is 1. The summed E-state index contributed by atoms with van der Waals surface area (Å²) in [6, 6.07) is 5.27. The second-order valence-electron chi connectivity index (χ2n) is 4.29. The van der Waals surface area contributed by atoms with Crippen molar-refractivity contribution in [2.45, 2.75) is 19.8 Å². The highest BCUT2D eigenvalue weighted by molar-refractivity contribution is 6.05. The van der Waals surface area contributed by atoms with E-state index in [-0.39, 0.29) is 23.5 Å². The summed E-state index contributed by atoms with van der Waals surface area (Å²) in [5, 5.41) is 0. The lowest BCUT2D eigenvalue weighted by Gasteiger charge is -2.14. The highest BCUT2D eigenvalue weighted by Crippen LogP contribution is 2.22. The van der Waals surface area contributed by atoms with E-state index in [1.807, 2.05) is 6.92 Å². The summed E-state index contributed by atoms with van der Waals surface area (Å²) in [7, 11) is 0. The molecule has 1 unspecified atom stereocenters. The minimum atomic E-state index is -0.388. The van der Waals surface area contributed by atoms with Crippen LogP contribution in [0.5, 0.6) is 0 Å². The fourth-order valence-corrected chi connectivity index (χ4v) is 2.00. The third kappa shape index (κ3) is 2.35. The number of carbonyl (C=O) groups is 2. The number of hydrogen-bond donors (Lipinski definition) is 0. The van der Waals surface area contributed by atoms with Crippen LogP contribution in [0.3, 0.4) is 0 Å². The molecule has 0 radical (unpaired) electrons. The van der Waals surface area contributed by atoms with Crippen LogP contribution in [0.25, 0.3) is 0 Å². The van der Waals surface area contributed by atoms with Crippen LogP contribution < -0.4 is 0 Å². The van der Waals surface area contributed by atoms with E-state index < -0.39 is 0 Å². The predicted molar refractivity (Wildman–Crippen MR) is 60.8 cm³/mol. The van der Waals surface area contributed by atoms with E-state index in [2.05, 4.69) is 0 Å². The summed E-state index contributed by atoms with van der Waals surface area (Å²) in [4.78, 5) is 24.9. The first kappa shape index (κ1) is 11.8. The second-order valence-corrected chi connectivity index (χ2v) is 4.29. The molecule has 1 saturated heterocycles. The number of imide groups is 1. The summed E-state index contributed by atoms with van der Waals surface area (Å²) in [6.45, 7) is 2.48. The van der Waals surface area contributed by atoms with Gasteiger partial charge in [0.05, 0.1) is 0 Å². The first-order valence-electron chi connectivity index (χ1n) is 5.72. The molecule has 1 heterocycles. The number of carbonyl (C=O) groups excluding carboxylic acids is 2. The van der Waals surface area contributed by atoms with Crippen molar-refractivity contribution in [3.63, 3.8) is 0 Å². The molecule has 0 aliphatic carbocycles. The molecule has 0 saturated carbocycles. The fourth-order valence-electron chi connectivity index (χ4n) is 2.00. The van der Waals surface area contributed by atoms with Crippen molar-refractivity contribution in [1.82, 2.24) is 4.90 Å². The summed E-state index contributed by atoms with van der Waals surface area (Å²) in [6.07, 6.45) is 1.32. The van der Waals surface area contributed by atoms with Gasteiger partial charge in [-0.1, -0.05) is 13.3 Å². The van der Waals surface area contributed by atoms with Crippen LogP contribution >= 0.6 is 0 Å². The Morgan fingerprint density at radius 1 is 1.41 bits per heavy atom. The molecule has 1 fully saturated rings. The lowest BCUT2D eigenvalue weighted by atomic mass is 10.1. The summed E-state index contributed by atoms with van der Waals surface area (Å²) in [5.41, 5.74) is 0.358. The second kappa shape index (κ2) is 4.65. The number of hydrogen-bond acceptors (Lipinski definition) is 2. The molecule has 3 nitrogen and oxygen atoms in total. The van der Waals surface area contributed by atoms with Crippen molar-refractivity contribution in [3.05, 3.63) is 35.6 Å². The Kier molecular flexibility index (Phi) is 3.22. The van der Waals surface area contributed by atoms with E-state index in [9.17, 15) is 14.0 Å². The average molecular weight is 235 g/mol. The molecule has 1 atom stereocenters. The number of benzene rings is 1. The quantitative estimate of drug-likeness (QED) is 0.737. The van der Waals surface area contributed by atoms with Gasteiger partial charge in [0.15, 0.2) is 0 Å². The Morgan fingerprint density at radius 2 is 2.06 bits per heavy atom. The maximum Gasteiger partial charge on any atom is 0.260 e. The highest BCUT2D eigenvalue weighted by Gasteiger charge is 2.33. The molecule has 1 aromatic rings. The molecular weight excluding hydrogens is 221 g/mol. The Morgan fingerprint density at radius 3 is 2.59 bits per heavy atom. The van der Waals surface area contributed by atoms with Gasteiger partial charge >= 0.3 is 0 Å². The standard InChI is InChI=1S/C13H14FNO2/c1-2-9-7-12(16)15(8-9)13(17)10-3-5-11(14)6-4-10/h3-6,9H,2,7-8H2,1H3. The summed E-state index contributed by atoms with van der Waals surface area (Å²) in [5.74, 6) is -0.593. The number of rotatable bonds is 2. The number of halogens is 1. The minimum Gasteiger partial charge on any atom is -0.278 e. The van der Waals surface area contributed by atoms with Gasteiger partial charge in [-0.25, -0.2) is 4.39 Å². The fraction of sp³-hybridized carbons (Fsp3) is 0.385. The predicted octanol–water partition coefficient (Wildman–Crippen LogP) is 2.22. The van der Waals surface area contributed by atoms with Gasteiger partial charge in [0.2, 0.25) is 5.91 Å². The zero-order valence-corrected chi connectivity index (χ0v) is 9.65. The molecule has 1 aliphatic heterocycles. The molecule has 0 bridgehead atoms. The minimum absolute atomic E-state index is 0.133. The Hall–Kier alpha value is -1.71. The first-order chi connectivity index (χ1) is 8.11. The van der Waals surface area contributed by atoms with E-state index >= 15 is 0 Å². The SMILES string of the molecule is CCC1CC(=O)N(C(=O)c2ccc(F)cc2)C1. The molecule has 0 N–H and O–H groups in total. The molecule has 1 aliphatic rings. The van der Waals surface area contributed by atoms with Gasteiger partial charge in [0.1, 0.15) is 5.82 Å². The largest absolute Gasteiger partial charge is 0.278 e. The average Bonchev–Trinajstić information content (AvgIpc) is 2.71. The Bertz CT molecular complexity index is 441. The van der Waals surface area contributed by atoms with E-state index in [1.54, 1.807) is 0 Å². The molecule has 1 aromatic carbocycles. The van der Waals surface area contributed by atoms with Crippen molar-refractivity contribution < 1.29 is 14.0 Å². The lowest BCUT2D eigenvalue weighted by Crippen LogP contribution is -2.32. The molecular formula is C13H14FNO2. The van der Waals surface area contributed by atoms with E-state index in [4.69, 9.17) is 0 Å². The molecule has 90 valence electrons. The van der Waals surface area contributed by atoms with Crippen molar-refractivity contribution in [3.8, 4) is 0 Å². The molecule has 4 heteroatoms. The smallest absolute Gasteiger partial charge is 0.260 e. The van der Waals surface area contributed by atoms with Crippen molar-refractivity contribution in [1.29, 1.82) is 0 Å². The monoisotopic (exact) mass is 235 g/mol. The third-order valence-electron chi connectivity index (χ3n) is 3.12. The lowest BCUT2D eigenvalue weighted by molar-refractivity contribution is -0.125.